The van der Waals surface area contributed by atoms with E-state index in [1.165, 1.54) is 0 Å². The lowest BCUT2D eigenvalue weighted by atomic mass is 9.93. The maximum Gasteiger partial charge on any atom is 0.529 e. The van der Waals surface area contributed by atoms with Crippen LogP contribution in [0.15, 0.2) is 60.7 Å². The minimum atomic E-state index is -2.99. The Kier molecular flexibility index (Phi) is 3.99. The van der Waals surface area contributed by atoms with Gasteiger partial charge in [-0.15, -0.1) is 0 Å². The lowest BCUT2D eigenvalue weighted by Crippen LogP contribution is -2.34. The molecule has 0 spiro atoms. The van der Waals surface area contributed by atoms with Gasteiger partial charge in [0.25, 0.3) is 0 Å². The Balaban J connectivity index is 2.12. The first kappa shape index (κ1) is 15.4. The molecule has 0 bridgehead atoms. The van der Waals surface area contributed by atoms with E-state index in [0.29, 0.717) is 11.3 Å². The Morgan fingerprint density at radius 3 is 2.35 bits per heavy atom. The quantitative estimate of drug-likeness (QED) is 0.626. The second kappa shape index (κ2) is 5.95. The molecule has 1 heterocycles. The van der Waals surface area contributed by atoms with Crippen molar-refractivity contribution in [3.63, 3.8) is 0 Å². The first-order valence-electron chi connectivity index (χ1n) is 7.06. The van der Waals surface area contributed by atoms with E-state index in [0.717, 1.165) is 10.9 Å². The largest absolute Gasteiger partial charge is 0.529 e. The number of nitrogens with one attached hydrogen (secondary N) is 1. The molecule has 2 atom stereocenters. The van der Waals surface area contributed by atoms with Crippen LogP contribution in [0.1, 0.15) is 11.3 Å². The third-order valence-electron chi connectivity index (χ3n) is 3.96. The number of aromatic nitrogens is 1. The summed E-state index contributed by atoms with van der Waals surface area (Å²) in [6, 6.07) is 17.6. The minimum Gasteiger partial charge on any atom is -0.477 e. The van der Waals surface area contributed by atoms with Crippen LogP contribution in [0.4, 0.5) is 0 Å². The van der Waals surface area contributed by atoms with Crippen LogP contribution in [0.5, 0.6) is 0 Å². The molecule has 0 radical (unpaired) electrons. The van der Waals surface area contributed by atoms with Gasteiger partial charge in [-0.05, 0) is 22.1 Å². The molecule has 0 aliphatic rings. The van der Waals surface area contributed by atoms with Gasteiger partial charge in [-0.1, -0.05) is 48.5 Å². The highest BCUT2D eigenvalue weighted by Gasteiger charge is 2.58. The summed E-state index contributed by atoms with van der Waals surface area (Å²) in [6.45, 7) is 0. The molecule has 0 aliphatic carbocycles. The molecule has 5 nitrogen and oxygen atoms in total. The molecule has 1 aromatic heterocycles. The molecule has 0 saturated heterocycles. The Morgan fingerprint density at radius 1 is 1.09 bits per heavy atom. The predicted molar refractivity (Wildman–Crippen MR) is 87.6 cm³/mol. The summed E-state index contributed by atoms with van der Waals surface area (Å²) < 4.78 is 12.0. The Hall–Kier alpha value is -2.49. The van der Waals surface area contributed by atoms with Crippen LogP contribution in [0.3, 0.4) is 0 Å². The Morgan fingerprint density at radius 2 is 1.74 bits per heavy atom. The smallest absolute Gasteiger partial charge is 0.477 e. The molecule has 3 N–H and O–H groups in total. The normalized spacial score (nSPS) is 14.4. The van der Waals surface area contributed by atoms with Crippen LogP contribution in [-0.4, -0.2) is 21.0 Å². The second-order valence-electron chi connectivity index (χ2n) is 5.36. The average Bonchev–Trinajstić information content (AvgIpc) is 2.95. The first-order chi connectivity index (χ1) is 11.0. The number of carboxylic acid groups (broad SMARTS) is 1. The number of para-hydroxylation sites is 1. The van der Waals surface area contributed by atoms with E-state index in [4.69, 9.17) is 0 Å². The van der Waals surface area contributed by atoms with E-state index in [9.17, 15) is 19.4 Å². The van der Waals surface area contributed by atoms with Gasteiger partial charge in [0.2, 0.25) is 0 Å². The zero-order valence-electron chi connectivity index (χ0n) is 12.1. The van der Waals surface area contributed by atoms with Gasteiger partial charge in [-0.2, -0.15) is 4.89 Å². The van der Waals surface area contributed by atoms with Crippen LogP contribution in [0, 0.1) is 0 Å². The summed E-state index contributed by atoms with van der Waals surface area (Å²) in [4.78, 5) is 24.9. The maximum atomic E-state index is 12.0. The van der Waals surface area contributed by atoms with Crippen molar-refractivity contribution in [1.82, 2.24) is 4.98 Å². The molecule has 3 rings (SSSR count). The fourth-order valence-corrected chi connectivity index (χ4v) is 3.62. The van der Waals surface area contributed by atoms with Crippen LogP contribution < -0.4 is 0 Å². The van der Waals surface area contributed by atoms with E-state index in [2.05, 4.69) is 4.98 Å². The molecular weight excluding hydrogens is 313 g/mol. The fourth-order valence-electron chi connectivity index (χ4n) is 2.78. The number of rotatable bonds is 5. The third-order valence-corrected chi connectivity index (χ3v) is 5.22. The Bertz CT molecular complexity index is 825. The van der Waals surface area contributed by atoms with Crippen molar-refractivity contribution in [3.05, 3.63) is 71.9 Å². The molecule has 23 heavy (non-hydrogen) atoms. The lowest BCUT2D eigenvalue weighted by molar-refractivity contribution is -0.140. The van der Waals surface area contributed by atoms with E-state index < -0.39 is 19.2 Å². The predicted octanol–water partition coefficient (Wildman–Crippen LogP) is 3.43. The van der Waals surface area contributed by atoms with Gasteiger partial charge >= 0.3 is 19.2 Å². The summed E-state index contributed by atoms with van der Waals surface area (Å²) in [5, 5.41) is 8.78. The zero-order chi connectivity index (χ0) is 16.4. The van der Waals surface area contributed by atoms with Crippen molar-refractivity contribution in [2.45, 2.75) is 11.6 Å². The molecule has 2 aromatic carbocycles. The number of fused-ring (bicyclic) bond motifs is 1. The van der Waals surface area contributed by atoms with Gasteiger partial charge in [0.15, 0.2) is 0 Å². The van der Waals surface area contributed by atoms with Crippen molar-refractivity contribution in [1.29, 1.82) is 0 Å². The molecule has 116 valence electrons. The van der Waals surface area contributed by atoms with E-state index in [1.807, 2.05) is 30.3 Å². The zero-order valence-corrected chi connectivity index (χ0v) is 13.0. The first-order valence-corrected chi connectivity index (χ1v) is 8.27. The summed E-state index contributed by atoms with van der Waals surface area (Å²) in [5.74, 6) is -1.31. The third kappa shape index (κ3) is 2.65. The molecule has 0 fully saturated rings. The lowest BCUT2D eigenvalue weighted by Gasteiger charge is -2.17. The Labute approximate surface area is 133 Å². The summed E-state index contributed by atoms with van der Waals surface area (Å²) in [6.07, 6.45) is -0.0905. The van der Waals surface area contributed by atoms with Crippen molar-refractivity contribution in [2.24, 2.45) is 0 Å². The maximum absolute atomic E-state index is 12.0. The number of benzene rings is 2. The average molecular weight is 328 g/mol. The topological polar surface area (TPSA) is 90.4 Å². The summed E-state index contributed by atoms with van der Waals surface area (Å²) >= 11 is 0. The van der Waals surface area contributed by atoms with E-state index >= 15 is 0 Å². The standard InChI is InChI=1S/C17H14NO4P/c19-16(20)17(23(21)22,13-7-2-1-3-8-13)11-14-10-12-6-4-5-9-15(12)18-14/h1-10,18H,11H2,(H-,19,20,21,22)/p+1. The van der Waals surface area contributed by atoms with Crippen molar-refractivity contribution >= 4 is 24.9 Å². The number of carbonyl (C=O) groups is 1. The highest BCUT2D eigenvalue weighted by molar-refractivity contribution is 7.41. The van der Waals surface area contributed by atoms with Gasteiger partial charge in [0.1, 0.15) is 0 Å². The van der Waals surface area contributed by atoms with Crippen LogP contribution >= 0.6 is 8.03 Å². The fraction of sp³-hybridized carbons (Fsp3) is 0.118. The van der Waals surface area contributed by atoms with Crippen molar-refractivity contribution < 1.29 is 19.4 Å². The molecule has 3 aromatic rings. The minimum absolute atomic E-state index is 0.0905. The number of hydrogen-bond acceptors (Lipinski definition) is 2. The molecule has 0 aliphatic heterocycles. The van der Waals surface area contributed by atoms with Crippen molar-refractivity contribution in [3.8, 4) is 0 Å². The molecule has 2 unspecified atom stereocenters. The van der Waals surface area contributed by atoms with Gasteiger partial charge in [0, 0.05) is 16.8 Å². The SMILES string of the molecule is O=C(O)C(Cc1cc2ccccc2[nH]1)(c1ccccc1)[P+](=O)O. The summed E-state index contributed by atoms with van der Waals surface area (Å²) in [5.41, 5.74) is 1.78. The van der Waals surface area contributed by atoms with Crippen molar-refractivity contribution in [2.75, 3.05) is 0 Å². The monoisotopic (exact) mass is 328 g/mol. The number of carboxylic acids is 1. The second-order valence-corrected chi connectivity index (χ2v) is 6.67. The summed E-state index contributed by atoms with van der Waals surface area (Å²) in [7, 11) is -2.99. The van der Waals surface area contributed by atoms with E-state index in [1.54, 1.807) is 30.3 Å². The van der Waals surface area contributed by atoms with Crippen LogP contribution in [-0.2, 0) is 20.9 Å². The van der Waals surface area contributed by atoms with Gasteiger partial charge in [0.05, 0.1) is 6.42 Å². The number of hydrogen-bond donors (Lipinski definition) is 3. The number of aliphatic carboxylic acids is 1. The van der Waals surface area contributed by atoms with E-state index in [-0.39, 0.29) is 6.42 Å². The van der Waals surface area contributed by atoms with Crippen LogP contribution in [0.2, 0.25) is 0 Å². The van der Waals surface area contributed by atoms with Gasteiger partial charge in [-0.25, -0.2) is 4.79 Å². The highest BCUT2D eigenvalue weighted by Crippen LogP contribution is 2.47. The van der Waals surface area contributed by atoms with Gasteiger partial charge in [-0.3, -0.25) is 0 Å². The number of H-pyrrole nitrogens is 1. The van der Waals surface area contributed by atoms with Gasteiger partial charge < -0.3 is 10.1 Å². The highest BCUT2D eigenvalue weighted by atomic mass is 31.1. The molecule has 0 amide bonds. The van der Waals surface area contributed by atoms with Crippen LogP contribution in [0.25, 0.3) is 10.9 Å². The number of aromatic amines is 1. The molecular formula is C17H15NO4P+. The molecule has 6 heteroatoms. The molecule has 0 saturated carbocycles.